The molecule has 0 aliphatic rings. The molecule has 0 radical (unpaired) electrons. The molecule has 0 saturated heterocycles. The maximum Gasteiger partial charge on any atom is 0.322 e. The number of ether oxygens (including phenoxy) is 1. The number of methoxy groups -OCH3 is 1. The summed E-state index contributed by atoms with van der Waals surface area (Å²) in [5, 5.41) is 10.7. The number of aliphatic carboxylic acids is 1. The number of rotatable bonds is 7. The Balaban J connectivity index is 2.24. The largest absolute Gasteiger partial charge is 0.497 e. The summed E-state index contributed by atoms with van der Waals surface area (Å²) >= 11 is 1.54. The molecule has 6 heteroatoms. The predicted molar refractivity (Wildman–Crippen MR) is 69.0 cm³/mol. The zero-order valence-electron chi connectivity index (χ0n) is 10.0. The van der Waals surface area contributed by atoms with Crippen LogP contribution in [0.25, 0.3) is 0 Å². The third-order valence-corrected chi connectivity index (χ3v) is 3.11. The molecule has 0 unspecified atom stereocenters. The van der Waals surface area contributed by atoms with Crippen LogP contribution in [0.15, 0.2) is 29.2 Å². The minimum Gasteiger partial charge on any atom is -0.497 e. The predicted octanol–water partition coefficient (Wildman–Crippen LogP) is 1.38. The average molecular weight is 269 g/mol. The van der Waals surface area contributed by atoms with Crippen LogP contribution in [0, 0.1) is 0 Å². The number of carbonyl (C=O) groups excluding carboxylic acids is 1. The van der Waals surface area contributed by atoms with E-state index in [2.05, 4.69) is 5.32 Å². The minimum atomic E-state index is -1.04. The van der Waals surface area contributed by atoms with Crippen LogP contribution in [0.3, 0.4) is 0 Å². The van der Waals surface area contributed by atoms with Gasteiger partial charge in [0.25, 0.3) is 0 Å². The Morgan fingerprint density at radius 2 is 2.00 bits per heavy atom. The lowest BCUT2D eigenvalue weighted by Crippen LogP contribution is -2.29. The van der Waals surface area contributed by atoms with Crippen molar-refractivity contribution in [1.29, 1.82) is 0 Å². The highest BCUT2D eigenvalue weighted by Crippen LogP contribution is 2.21. The maximum absolute atomic E-state index is 11.2. The van der Waals surface area contributed by atoms with Crippen molar-refractivity contribution in [3.63, 3.8) is 0 Å². The van der Waals surface area contributed by atoms with E-state index >= 15 is 0 Å². The average Bonchev–Trinajstić information content (AvgIpc) is 2.37. The molecule has 0 heterocycles. The lowest BCUT2D eigenvalue weighted by molar-refractivity contribution is -0.137. The second-order valence-corrected chi connectivity index (χ2v) is 4.61. The van der Waals surface area contributed by atoms with Gasteiger partial charge < -0.3 is 15.2 Å². The summed E-state index contributed by atoms with van der Waals surface area (Å²) in [4.78, 5) is 22.5. The summed E-state index contributed by atoms with van der Waals surface area (Å²) in [6, 6.07) is 7.54. The zero-order chi connectivity index (χ0) is 13.4. The first-order valence-electron chi connectivity index (χ1n) is 5.37. The van der Waals surface area contributed by atoms with Gasteiger partial charge in [-0.2, -0.15) is 0 Å². The van der Waals surface area contributed by atoms with Crippen LogP contribution in [-0.4, -0.2) is 36.4 Å². The molecule has 1 aromatic carbocycles. The molecule has 1 rings (SSSR count). The molecule has 0 bridgehead atoms. The van der Waals surface area contributed by atoms with E-state index in [1.54, 1.807) is 7.11 Å². The van der Waals surface area contributed by atoms with Gasteiger partial charge in [0.15, 0.2) is 0 Å². The van der Waals surface area contributed by atoms with Gasteiger partial charge in [-0.1, -0.05) is 0 Å². The molecule has 5 nitrogen and oxygen atoms in total. The van der Waals surface area contributed by atoms with Crippen molar-refractivity contribution in [1.82, 2.24) is 5.32 Å². The Kier molecular flexibility index (Phi) is 6.07. The fourth-order valence-corrected chi connectivity index (χ4v) is 2.05. The van der Waals surface area contributed by atoms with Gasteiger partial charge in [0.1, 0.15) is 12.3 Å². The Labute approximate surface area is 110 Å². The van der Waals surface area contributed by atoms with Crippen LogP contribution in [0.5, 0.6) is 5.75 Å². The second-order valence-electron chi connectivity index (χ2n) is 3.44. The van der Waals surface area contributed by atoms with Crippen LogP contribution in [0.4, 0.5) is 0 Å². The van der Waals surface area contributed by atoms with Gasteiger partial charge in [-0.05, 0) is 24.3 Å². The molecule has 98 valence electrons. The number of hydrogen-bond donors (Lipinski definition) is 2. The van der Waals surface area contributed by atoms with Crippen molar-refractivity contribution in [3.8, 4) is 5.75 Å². The van der Waals surface area contributed by atoms with Gasteiger partial charge in [0, 0.05) is 17.1 Å². The molecule has 1 aromatic rings. The number of carbonyl (C=O) groups is 2. The van der Waals surface area contributed by atoms with Crippen LogP contribution < -0.4 is 10.1 Å². The SMILES string of the molecule is COc1ccc(SCCC(=O)NCC(=O)O)cc1. The smallest absolute Gasteiger partial charge is 0.322 e. The van der Waals surface area contributed by atoms with E-state index in [1.807, 2.05) is 24.3 Å². The molecule has 0 spiro atoms. The van der Waals surface area contributed by atoms with Gasteiger partial charge in [0.05, 0.1) is 7.11 Å². The lowest BCUT2D eigenvalue weighted by Gasteiger charge is -2.04. The number of hydrogen-bond acceptors (Lipinski definition) is 4. The Bertz CT molecular complexity index is 405. The zero-order valence-corrected chi connectivity index (χ0v) is 10.8. The van der Waals surface area contributed by atoms with Crippen molar-refractivity contribution < 1.29 is 19.4 Å². The fourth-order valence-electron chi connectivity index (χ4n) is 1.20. The van der Waals surface area contributed by atoms with E-state index in [0.717, 1.165) is 10.6 Å². The van der Waals surface area contributed by atoms with E-state index in [-0.39, 0.29) is 12.5 Å². The summed E-state index contributed by atoms with van der Waals surface area (Å²) in [7, 11) is 1.61. The third-order valence-electron chi connectivity index (χ3n) is 2.09. The summed E-state index contributed by atoms with van der Waals surface area (Å²) in [5.74, 6) is 0.112. The number of carboxylic acids is 1. The summed E-state index contributed by atoms with van der Waals surface area (Å²) in [6.07, 6.45) is 0.296. The quantitative estimate of drug-likeness (QED) is 0.731. The van der Waals surface area contributed by atoms with Gasteiger partial charge >= 0.3 is 5.97 Å². The summed E-state index contributed by atoms with van der Waals surface area (Å²) < 4.78 is 5.04. The molecule has 0 aliphatic heterocycles. The highest BCUT2D eigenvalue weighted by Gasteiger charge is 2.04. The normalized spacial score (nSPS) is 9.83. The summed E-state index contributed by atoms with van der Waals surface area (Å²) in [6.45, 7) is -0.327. The highest BCUT2D eigenvalue weighted by atomic mass is 32.2. The van der Waals surface area contributed by atoms with Crippen LogP contribution >= 0.6 is 11.8 Å². The molecular weight excluding hydrogens is 254 g/mol. The molecule has 18 heavy (non-hydrogen) atoms. The first-order chi connectivity index (χ1) is 8.61. The standard InChI is InChI=1S/C12H15NO4S/c1-17-9-2-4-10(5-3-9)18-7-6-11(14)13-8-12(15)16/h2-5H,6-8H2,1H3,(H,13,14)(H,15,16). The van der Waals surface area contributed by atoms with E-state index in [9.17, 15) is 9.59 Å². The molecule has 0 saturated carbocycles. The third kappa shape index (κ3) is 5.58. The van der Waals surface area contributed by atoms with Crippen molar-refractivity contribution in [2.45, 2.75) is 11.3 Å². The van der Waals surface area contributed by atoms with Crippen molar-refractivity contribution in [2.75, 3.05) is 19.4 Å². The molecular formula is C12H15NO4S. The van der Waals surface area contributed by atoms with E-state index < -0.39 is 5.97 Å². The van der Waals surface area contributed by atoms with Crippen molar-refractivity contribution in [3.05, 3.63) is 24.3 Å². The van der Waals surface area contributed by atoms with Gasteiger partial charge in [-0.25, -0.2) is 0 Å². The molecule has 1 amide bonds. The number of carboxylic acid groups (broad SMARTS) is 1. The molecule has 0 aliphatic carbocycles. The van der Waals surface area contributed by atoms with E-state index in [1.165, 1.54) is 11.8 Å². The Hall–Kier alpha value is -1.69. The van der Waals surface area contributed by atoms with Crippen molar-refractivity contribution >= 4 is 23.6 Å². The number of thioether (sulfide) groups is 1. The fraction of sp³-hybridized carbons (Fsp3) is 0.333. The first kappa shape index (κ1) is 14.4. The number of nitrogens with one attached hydrogen (secondary N) is 1. The molecule has 0 aromatic heterocycles. The summed E-state index contributed by atoms with van der Waals surface area (Å²) in [5.41, 5.74) is 0. The molecule has 0 fully saturated rings. The Morgan fingerprint density at radius 3 is 2.56 bits per heavy atom. The maximum atomic E-state index is 11.2. The van der Waals surface area contributed by atoms with Crippen LogP contribution in [0.1, 0.15) is 6.42 Å². The number of benzene rings is 1. The number of amides is 1. The molecule has 2 N–H and O–H groups in total. The lowest BCUT2D eigenvalue weighted by atomic mass is 10.3. The Morgan fingerprint density at radius 1 is 1.33 bits per heavy atom. The van der Waals surface area contributed by atoms with Gasteiger partial charge in [-0.3, -0.25) is 9.59 Å². The highest BCUT2D eigenvalue weighted by molar-refractivity contribution is 7.99. The van der Waals surface area contributed by atoms with Crippen LogP contribution in [-0.2, 0) is 9.59 Å². The van der Waals surface area contributed by atoms with Gasteiger partial charge in [-0.15, -0.1) is 11.8 Å². The molecule has 0 atom stereocenters. The monoisotopic (exact) mass is 269 g/mol. The van der Waals surface area contributed by atoms with Crippen molar-refractivity contribution in [2.24, 2.45) is 0 Å². The van der Waals surface area contributed by atoms with Gasteiger partial charge in [0.2, 0.25) is 5.91 Å². The van der Waals surface area contributed by atoms with Crippen LogP contribution in [0.2, 0.25) is 0 Å². The first-order valence-corrected chi connectivity index (χ1v) is 6.35. The van der Waals surface area contributed by atoms with E-state index in [0.29, 0.717) is 12.2 Å². The topological polar surface area (TPSA) is 75.6 Å². The minimum absolute atomic E-state index is 0.251. The van der Waals surface area contributed by atoms with E-state index in [4.69, 9.17) is 9.84 Å². The second kappa shape index (κ2) is 7.60.